The first-order chi connectivity index (χ1) is 9.40. The van der Waals surface area contributed by atoms with Gasteiger partial charge in [0.15, 0.2) is 0 Å². The molecule has 2 unspecified atom stereocenters. The maximum Gasteiger partial charge on any atom is 0.0509 e. The van der Waals surface area contributed by atoms with E-state index in [0.717, 1.165) is 30.9 Å². The molecule has 2 rings (SSSR count). The van der Waals surface area contributed by atoms with E-state index < -0.39 is 0 Å². The molecule has 1 aliphatic carbocycles. The summed E-state index contributed by atoms with van der Waals surface area (Å²) in [4.78, 5) is 0. The average molecular weight is 285 g/mol. The molecular formula is C16H31NOS. The summed E-state index contributed by atoms with van der Waals surface area (Å²) in [6, 6.07) is 0.673. The van der Waals surface area contributed by atoms with E-state index in [1.807, 2.05) is 0 Å². The third kappa shape index (κ3) is 5.65. The molecule has 0 aromatic heterocycles. The highest BCUT2D eigenvalue weighted by atomic mass is 32.2. The van der Waals surface area contributed by atoms with Crippen molar-refractivity contribution >= 4 is 11.8 Å². The first-order valence-electron chi connectivity index (χ1n) is 8.33. The number of ether oxygens (including phenoxy) is 1. The first-order valence-corrected chi connectivity index (χ1v) is 9.37. The van der Waals surface area contributed by atoms with E-state index in [1.54, 1.807) is 0 Å². The molecule has 2 aliphatic rings. The second kappa shape index (κ2) is 9.25. The second-order valence-corrected chi connectivity index (χ2v) is 7.46. The lowest BCUT2D eigenvalue weighted by Crippen LogP contribution is -2.42. The van der Waals surface area contributed by atoms with E-state index in [9.17, 15) is 0 Å². The van der Waals surface area contributed by atoms with Gasteiger partial charge in [-0.2, -0.15) is 11.8 Å². The van der Waals surface area contributed by atoms with E-state index in [0.29, 0.717) is 6.04 Å². The van der Waals surface area contributed by atoms with E-state index in [2.05, 4.69) is 24.0 Å². The third-order valence-electron chi connectivity index (χ3n) is 4.48. The molecule has 1 aliphatic heterocycles. The molecule has 1 saturated heterocycles. The van der Waals surface area contributed by atoms with Crippen LogP contribution < -0.4 is 5.32 Å². The fourth-order valence-corrected chi connectivity index (χ4v) is 4.78. The normalized spacial score (nSPS) is 27.3. The standard InChI is InChI=1S/C16H31NOS/c1-2-10-17-16(14-7-6-11-18-12-14)13-19-15-8-4-3-5-9-15/h14-17H,2-13H2,1H3. The molecule has 1 heterocycles. The highest BCUT2D eigenvalue weighted by Crippen LogP contribution is 2.30. The maximum absolute atomic E-state index is 5.69. The van der Waals surface area contributed by atoms with E-state index in [-0.39, 0.29) is 0 Å². The van der Waals surface area contributed by atoms with Gasteiger partial charge in [0.2, 0.25) is 0 Å². The minimum absolute atomic E-state index is 0.673. The monoisotopic (exact) mass is 285 g/mol. The number of thioether (sulfide) groups is 1. The largest absolute Gasteiger partial charge is 0.381 e. The summed E-state index contributed by atoms with van der Waals surface area (Å²) in [6.07, 6.45) is 11.1. The zero-order valence-corrected chi connectivity index (χ0v) is 13.4. The molecule has 0 spiro atoms. The molecule has 2 atom stereocenters. The molecule has 0 radical (unpaired) electrons. The molecular weight excluding hydrogens is 254 g/mol. The van der Waals surface area contributed by atoms with Crippen LogP contribution in [-0.4, -0.2) is 36.8 Å². The Morgan fingerprint density at radius 3 is 2.68 bits per heavy atom. The highest BCUT2D eigenvalue weighted by Gasteiger charge is 2.25. The van der Waals surface area contributed by atoms with Gasteiger partial charge >= 0.3 is 0 Å². The van der Waals surface area contributed by atoms with E-state index in [1.165, 1.54) is 57.1 Å². The van der Waals surface area contributed by atoms with Crippen LogP contribution in [0.4, 0.5) is 0 Å². The molecule has 0 aromatic rings. The lowest BCUT2D eigenvalue weighted by atomic mass is 9.95. The molecule has 19 heavy (non-hydrogen) atoms. The van der Waals surface area contributed by atoms with Crippen LogP contribution in [0.5, 0.6) is 0 Å². The summed E-state index contributed by atoms with van der Waals surface area (Å²) in [5.41, 5.74) is 0. The first kappa shape index (κ1) is 15.7. The molecule has 0 aromatic carbocycles. The fraction of sp³-hybridized carbons (Fsp3) is 1.00. The summed E-state index contributed by atoms with van der Waals surface area (Å²) in [7, 11) is 0. The number of rotatable bonds is 7. The summed E-state index contributed by atoms with van der Waals surface area (Å²) >= 11 is 2.23. The van der Waals surface area contributed by atoms with Crippen LogP contribution in [0.1, 0.15) is 58.3 Å². The topological polar surface area (TPSA) is 21.3 Å². The van der Waals surface area contributed by atoms with Crippen LogP contribution in [0.2, 0.25) is 0 Å². The Bertz CT molecular complexity index is 225. The SMILES string of the molecule is CCCNC(CSC1CCCCC1)C1CCCOC1. The third-order valence-corrected chi connectivity index (χ3v) is 5.98. The lowest BCUT2D eigenvalue weighted by molar-refractivity contribution is 0.0427. The van der Waals surface area contributed by atoms with Gasteiger partial charge in [0.05, 0.1) is 6.61 Å². The average Bonchev–Trinajstić information content (AvgIpc) is 2.49. The zero-order valence-electron chi connectivity index (χ0n) is 12.5. The van der Waals surface area contributed by atoms with Crippen molar-refractivity contribution < 1.29 is 4.74 Å². The Labute approximate surface area is 123 Å². The van der Waals surface area contributed by atoms with Crippen molar-refractivity contribution in [2.24, 2.45) is 5.92 Å². The Morgan fingerprint density at radius 1 is 1.16 bits per heavy atom. The van der Waals surface area contributed by atoms with Crippen LogP contribution in [-0.2, 0) is 4.74 Å². The Balaban J connectivity index is 1.74. The molecule has 2 nitrogen and oxygen atoms in total. The molecule has 0 bridgehead atoms. The van der Waals surface area contributed by atoms with Gasteiger partial charge in [0.1, 0.15) is 0 Å². The molecule has 3 heteroatoms. The predicted molar refractivity (Wildman–Crippen MR) is 85.0 cm³/mol. The van der Waals surface area contributed by atoms with Crippen molar-refractivity contribution in [1.82, 2.24) is 5.32 Å². The molecule has 1 N–H and O–H groups in total. The Morgan fingerprint density at radius 2 is 2.00 bits per heavy atom. The quantitative estimate of drug-likeness (QED) is 0.768. The molecule has 0 amide bonds. The van der Waals surface area contributed by atoms with Crippen molar-refractivity contribution in [3.8, 4) is 0 Å². The number of nitrogens with one attached hydrogen (secondary N) is 1. The summed E-state index contributed by atoms with van der Waals surface area (Å²) < 4.78 is 5.69. The number of hydrogen-bond donors (Lipinski definition) is 1. The van der Waals surface area contributed by atoms with Gasteiger partial charge in [-0.25, -0.2) is 0 Å². The summed E-state index contributed by atoms with van der Waals surface area (Å²) in [5, 5.41) is 4.71. The highest BCUT2D eigenvalue weighted by molar-refractivity contribution is 7.99. The predicted octanol–water partition coefficient (Wildman–Crippen LogP) is 3.85. The lowest BCUT2D eigenvalue weighted by Gasteiger charge is -2.32. The van der Waals surface area contributed by atoms with Gasteiger partial charge in [0.25, 0.3) is 0 Å². The summed E-state index contributed by atoms with van der Waals surface area (Å²) in [6.45, 7) is 5.38. The van der Waals surface area contributed by atoms with Crippen molar-refractivity contribution in [2.75, 3.05) is 25.5 Å². The smallest absolute Gasteiger partial charge is 0.0509 e. The zero-order chi connectivity index (χ0) is 13.3. The van der Waals surface area contributed by atoms with Gasteiger partial charge in [0, 0.05) is 23.7 Å². The van der Waals surface area contributed by atoms with Crippen molar-refractivity contribution in [3.63, 3.8) is 0 Å². The van der Waals surface area contributed by atoms with Gasteiger partial charge < -0.3 is 10.1 Å². The van der Waals surface area contributed by atoms with Gasteiger partial charge in [-0.15, -0.1) is 0 Å². The summed E-state index contributed by atoms with van der Waals surface area (Å²) in [5.74, 6) is 2.04. The van der Waals surface area contributed by atoms with Crippen LogP contribution >= 0.6 is 11.8 Å². The second-order valence-electron chi connectivity index (χ2n) is 6.13. The van der Waals surface area contributed by atoms with Crippen LogP contribution in [0, 0.1) is 5.92 Å². The Hall–Kier alpha value is 0.270. The van der Waals surface area contributed by atoms with Crippen LogP contribution in [0.15, 0.2) is 0 Å². The molecule has 1 saturated carbocycles. The Kier molecular flexibility index (Phi) is 7.62. The maximum atomic E-state index is 5.69. The van der Waals surface area contributed by atoms with Crippen LogP contribution in [0.25, 0.3) is 0 Å². The van der Waals surface area contributed by atoms with Crippen molar-refractivity contribution in [2.45, 2.75) is 69.6 Å². The fourth-order valence-electron chi connectivity index (χ4n) is 3.25. The van der Waals surface area contributed by atoms with Crippen molar-refractivity contribution in [3.05, 3.63) is 0 Å². The van der Waals surface area contributed by atoms with Crippen LogP contribution in [0.3, 0.4) is 0 Å². The minimum atomic E-state index is 0.673. The minimum Gasteiger partial charge on any atom is -0.381 e. The number of hydrogen-bond acceptors (Lipinski definition) is 3. The van der Waals surface area contributed by atoms with E-state index in [4.69, 9.17) is 4.74 Å². The van der Waals surface area contributed by atoms with E-state index >= 15 is 0 Å². The molecule has 112 valence electrons. The van der Waals surface area contributed by atoms with Crippen molar-refractivity contribution in [1.29, 1.82) is 0 Å². The van der Waals surface area contributed by atoms with Gasteiger partial charge in [-0.05, 0) is 44.6 Å². The van der Waals surface area contributed by atoms with Gasteiger partial charge in [-0.3, -0.25) is 0 Å². The van der Waals surface area contributed by atoms with Gasteiger partial charge in [-0.1, -0.05) is 26.2 Å². The molecule has 2 fully saturated rings.